The van der Waals surface area contributed by atoms with Gasteiger partial charge in [-0.25, -0.2) is 13.1 Å². The maximum Gasteiger partial charge on any atom is 0.259 e. The first-order valence-electron chi connectivity index (χ1n) is 5.72. The molecular formula is C10H17Cl2N3O2S. The Balaban J connectivity index is 2.46. The number of sulfonamides is 1. The zero-order chi connectivity index (χ0) is 13.6. The van der Waals surface area contributed by atoms with E-state index in [1.807, 2.05) is 0 Å². The summed E-state index contributed by atoms with van der Waals surface area (Å²) in [4.78, 5) is 0. The van der Waals surface area contributed by atoms with Gasteiger partial charge < -0.3 is 0 Å². The predicted octanol–water partition coefficient (Wildman–Crippen LogP) is 2.15. The number of rotatable bonds is 8. The molecule has 0 amide bonds. The normalized spacial score (nSPS) is 11.9. The second-order valence-electron chi connectivity index (χ2n) is 3.92. The van der Waals surface area contributed by atoms with Crippen molar-refractivity contribution < 1.29 is 8.42 Å². The summed E-state index contributed by atoms with van der Waals surface area (Å²) in [6, 6.07) is 0. The molecule has 1 rings (SSSR count). The van der Waals surface area contributed by atoms with Crippen molar-refractivity contribution in [1.82, 2.24) is 14.5 Å². The zero-order valence-corrected chi connectivity index (χ0v) is 12.5. The van der Waals surface area contributed by atoms with Crippen molar-refractivity contribution in [3.63, 3.8) is 0 Å². The molecule has 0 radical (unpaired) electrons. The fourth-order valence-electron chi connectivity index (χ4n) is 1.55. The van der Waals surface area contributed by atoms with E-state index < -0.39 is 10.0 Å². The summed E-state index contributed by atoms with van der Waals surface area (Å²) in [6.07, 6.45) is 5.02. The van der Waals surface area contributed by atoms with Gasteiger partial charge in [0.25, 0.3) is 10.0 Å². The Labute approximate surface area is 118 Å². The molecule has 0 fully saturated rings. The number of nitrogens with one attached hydrogen (secondary N) is 1. The van der Waals surface area contributed by atoms with E-state index in [0.717, 1.165) is 25.7 Å². The Morgan fingerprint density at radius 3 is 2.56 bits per heavy atom. The molecule has 0 aromatic carbocycles. The largest absolute Gasteiger partial charge is 0.259 e. The summed E-state index contributed by atoms with van der Waals surface area (Å²) >= 11 is 11.3. The van der Waals surface area contributed by atoms with Crippen molar-refractivity contribution in [3.8, 4) is 0 Å². The van der Waals surface area contributed by atoms with Crippen molar-refractivity contribution in [2.24, 2.45) is 7.05 Å². The molecule has 0 spiro atoms. The van der Waals surface area contributed by atoms with Crippen LogP contribution in [-0.2, 0) is 17.1 Å². The molecule has 0 aliphatic carbocycles. The van der Waals surface area contributed by atoms with Gasteiger partial charge in [-0.05, 0) is 12.8 Å². The highest BCUT2D eigenvalue weighted by Gasteiger charge is 2.21. The van der Waals surface area contributed by atoms with Gasteiger partial charge in [0.2, 0.25) is 0 Å². The van der Waals surface area contributed by atoms with Crippen LogP contribution in [-0.4, -0.2) is 30.6 Å². The topological polar surface area (TPSA) is 64.0 Å². The van der Waals surface area contributed by atoms with Crippen molar-refractivity contribution in [2.45, 2.75) is 30.7 Å². The number of alkyl halides is 1. The van der Waals surface area contributed by atoms with Crippen LogP contribution in [0.2, 0.25) is 5.02 Å². The highest BCUT2D eigenvalue weighted by Crippen LogP contribution is 2.19. The molecule has 1 N–H and O–H groups in total. The van der Waals surface area contributed by atoms with Gasteiger partial charge in [0.15, 0.2) is 5.03 Å². The van der Waals surface area contributed by atoms with Crippen LogP contribution in [0.25, 0.3) is 0 Å². The van der Waals surface area contributed by atoms with E-state index in [9.17, 15) is 8.42 Å². The second-order valence-corrected chi connectivity index (χ2v) is 6.39. The SMILES string of the molecule is Cn1ncc(Cl)c1S(=O)(=O)NCCCCCCCl. The van der Waals surface area contributed by atoms with Crippen molar-refractivity contribution in [2.75, 3.05) is 12.4 Å². The molecule has 1 heterocycles. The zero-order valence-electron chi connectivity index (χ0n) is 10.2. The molecule has 0 bridgehead atoms. The lowest BCUT2D eigenvalue weighted by molar-refractivity contribution is 0.557. The van der Waals surface area contributed by atoms with Gasteiger partial charge in [0.05, 0.1) is 11.2 Å². The van der Waals surface area contributed by atoms with Crippen molar-refractivity contribution in [1.29, 1.82) is 0 Å². The number of aryl methyl sites for hydroxylation is 1. The Kier molecular flexibility index (Phi) is 6.42. The quantitative estimate of drug-likeness (QED) is 0.591. The second kappa shape index (κ2) is 7.33. The maximum atomic E-state index is 11.9. The Hall–Kier alpha value is -0.300. The molecule has 0 saturated carbocycles. The van der Waals surface area contributed by atoms with Gasteiger partial charge in [-0.2, -0.15) is 5.10 Å². The maximum absolute atomic E-state index is 11.9. The first-order chi connectivity index (χ1) is 8.49. The van der Waals surface area contributed by atoms with Crippen LogP contribution in [0, 0.1) is 0 Å². The third-order valence-electron chi connectivity index (χ3n) is 2.45. The van der Waals surface area contributed by atoms with Gasteiger partial charge in [0.1, 0.15) is 0 Å². The molecule has 104 valence electrons. The molecule has 0 saturated heterocycles. The van der Waals surface area contributed by atoms with E-state index in [1.54, 1.807) is 7.05 Å². The average molecular weight is 314 g/mol. The number of halogens is 2. The lowest BCUT2D eigenvalue weighted by atomic mass is 10.2. The van der Waals surface area contributed by atoms with E-state index in [0.29, 0.717) is 12.4 Å². The molecule has 0 atom stereocenters. The van der Waals surface area contributed by atoms with Crippen LogP contribution in [0.15, 0.2) is 11.2 Å². The van der Waals surface area contributed by atoms with Crippen LogP contribution in [0.4, 0.5) is 0 Å². The average Bonchev–Trinajstić information content (AvgIpc) is 2.64. The van der Waals surface area contributed by atoms with E-state index in [1.165, 1.54) is 10.9 Å². The Morgan fingerprint density at radius 1 is 1.33 bits per heavy atom. The van der Waals surface area contributed by atoms with Crippen LogP contribution >= 0.6 is 23.2 Å². The molecule has 0 aliphatic heterocycles. The lowest BCUT2D eigenvalue weighted by Gasteiger charge is -2.07. The lowest BCUT2D eigenvalue weighted by Crippen LogP contribution is -2.27. The van der Waals surface area contributed by atoms with Crippen LogP contribution in [0.5, 0.6) is 0 Å². The van der Waals surface area contributed by atoms with Gasteiger partial charge in [-0.3, -0.25) is 4.68 Å². The fraction of sp³-hybridized carbons (Fsp3) is 0.700. The Morgan fingerprint density at radius 2 is 2.00 bits per heavy atom. The molecule has 1 aromatic rings. The summed E-state index contributed by atoms with van der Waals surface area (Å²) in [5, 5.41) is 3.94. The first-order valence-corrected chi connectivity index (χ1v) is 8.11. The van der Waals surface area contributed by atoms with E-state index in [2.05, 4.69) is 9.82 Å². The minimum absolute atomic E-state index is 0.00456. The highest BCUT2D eigenvalue weighted by molar-refractivity contribution is 7.89. The van der Waals surface area contributed by atoms with Gasteiger partial charge in [-0.1, -0.05) is 24.4 Å². The molecule has 18 heavy (non-hydrogen) atoms. The van der Waals surface area contributed by atoms with E-state index in [-0.39, 0.29) is 10.0 Å². The molecule has 0 aliphatic rings. The summed E-state index contributed by atoms with van der Waals surface area (Å²) in [5.41, 5.74) is 0. The summed E-state index contributed by atoms with van der Waals surface area (Å²) in [7, 11) is -2.04. The number of hydrogen-bond donors (Lipinski definition) is 1. The summed E-state index contributed by atoms with van der Waals surface area (Å²) < 4.78 is 27.7. The van der Waals surface area contributed by atoms with Crippen LogP contribution in [0.3, 0.4) is 0 Å². The van der Waals surface area contributed by atoms with Gasteiger partial charge in [-0.15, -0.1) is 11.6 Å². The predicted molar refractivity (Wildman–Crippen MR) is 72.6 cm³/mol. The highest BCUT2D eigenvalue weighted by atomic mass is 35.5. The smallest absolute Gasteiger partial charge is 0.255 e. The first kappa shape index (κ1) is 15.8. The minimum atomic E-state index is -3.58. The number of hydrogen-bond acceptors (Lipinski definition) is 3. The fourth-order valence-corrected chi connectivity index (χ4v) is 3.46. The van der Waals surface area contributed by atoms with Gasteiger partial charge in [0, 0.05) is 19.5 Å². The molecule has 1 aromatic heterocycles. The summed E-state index contributed by atoms with van der Waals surface area (Å²) in [6.45, 7) is 0.395. The number of nitrogens with zero attached hydrogens (tertiary/aromatic N) is 2. The standard InChI is InChI=1S/C10H17Cl2N3O2S/c1-15-10(9(12)8-13-15)18(16,17)14-7-5-3-2-4-6-11/h8,14H,2-7H2,1H3. The third kappa shape index (κ3) is 4.42. The number of unbranched alkanes of at least 4 members (excludes halogenated alkanes) is 3. The van der Waals surface area contributed by atoms with Crippen molar-refractivity contribution in [3.05, 3.63) is 11.2 Å². The monoisotopic (exact) mass is 313 g/mol. The third-order valence-corrected chi connectivity index (χ3v) is 4.68. The molecule has 0 unspecified atom stereocenters. The minimum Gasteiger partial charge on any atom is -0.255 e. The van der Waals surface area contributed by atoms with Crippen LogP contribution in [0.1, 0.15) is 25.7 Å². The van der Waals surface area contributed by atoms with Crippen molar-refractivity contribution >= 4 is 33.2 Å². The Bertz CT molecular complexity index is 454. The number of aromatic nitrogens is 2. The summed E-state index contributed by atoms with van der Waals surface area (Å²) in [5.74, 6) is 0.649. The molecule has 5 nitrogen and oxygen atoms in total. The molecule has 8 heteroatoms. The van der Waals surface area contributed by atoms with E-state index >= 15 is 0 Å². The van der Waals surface area contributed by atoms with Gasteiger partial charge >= 0.3 is 0 Å². The molecular weight excluding hydrogens is 297 g/mol. The van der Waals surface area contributed by atoms with E-state index in [4.69, 9.17) is 23.2 Å². The van der Waals surface area contributed by atoms with Crippen LogP contribution < -0.4 is 4.72 Å².